The van der Waals surface area contributed by atoms with Gasteiger partial charge in [-0.25, -0.2) is 0 Å². The Morgan fingerprint density at radius 3 is 2.83 bits per heavy atom. The molecule has 0 aromatic carbocycles. The number of rotatable bonds is 7. The van der Waals surface area contributed by atoms with Crippen LogP contribution in [0, 0.1) is 0 Å². The molecule has 0 unspecified atom stereocenters. The lowest BCUT2D eigenvalue weighted by atomic mass is 10.3. The monoisotopic (exact) mass is 170 g/mol. The van der Waals surface area contributed by atoms with E-state index in [1.54, 1.807) is 6.08 Å². The lowest BCUT2D eigenvalue weighted by molar-refractivity contribution is -0.120. The van der Waals surface area contributed by atoms with E-state index in [1.807, 2.05) is 6.92 Å². The number of hydrogen-bond acceptors (Lipinski definition) is 2. The first-order chi connectivity index (χ1) is 5.81. The Balaban J connectivity index is 3.13. The van der Waals surface area contributed by atoms with Gasteiger partial charge in [0.2, 0.25) is 5.91 Å². The molecule has 1 amide bonds. The van der Waals surface area contributed by atoms with Crippen molar-refractivity contribution in [2.24, 2.45) is 0 Å². The summed E-state index contributed by atoms with van der Waals surface area (Å²) in [6.45, 7) is 7.87. The maximum Gasteiger partial charge on any atom is 0.221 e. The second-order valence-electron chi connectivity index (χ2n) is 2.59. The Labute approximate surface area is 74.2 Å². The first kappa shape index (κ1) is 11.2. The maximum atomic E-state index is 11.0. The lowest BCUT2D eigenvalue weighted by Crippen LogP contribution is -2.28. The van der Waals surface area contributed by atoms with Crippen LogP contribution in [0.15, 0.2) is 12.7 Å². The molecule has 12 heavy (non-hydrogen) atoms. The van der Waals surface area contributed by atoms with Gasteiger partial charge in [-0.1, -0.05) is 13.0 Å². The fourth-order valence-electron chi connectivity index (χ4n) is 0.759. The Morgan fingerprint density at radius 1 is 1.50 bits per heavy atom. The van der Waals surface area contributed by atoms with Crippen LogP contribution in [0.3, 0.4) is 0 Å². The molecule has 0 radical (unpaired) electrons. The van der Waals surface area contributed by atoms with Crippen molar-refractivity contribution in [2.75, 3.05) is 19.6 Å². The third-order valence-corrected chi connectivity index (χ3v) is 1.39. The molecule has 0 aliphatic heterocycles. The highest BCUT2D eigenvalue weighted by Crippen LogP contribution is 1.78. The molecule has 0 aliphatic rings. The van der Waals surface area contributed by atoms with Crippen molar-refractivity contribution >= 4 is 5.91 Å². The quantitative estimate of drug-likeness (QED) is 0.436. The van der Waals surface area contributed by atoms with Crippen LogP contribution in [0.25, 0.3) is 0 Å². The molecule has 0 spiro atoms. The first-order valence-corrected chi connectivity index (χ1v) is 4.39. The van der Waals surface area contributed by atoms with E-state index in [4.69, 9.17) is 0 Å². The summed E-state index contributed by atoms with van der Waals surface area (Å²) >= 11 is 0. The number of nitrogens with one attached hydrogen (secondary N) is 2. The third-order valence-electron chi connectivity index (χ3n) is 1.39. The second kappa shape index (κ2) is 8.27. The van der Waals surface area contributed by atoms with Gasteiger partial charge >= 0.3 is 0 Å². The molecule has 0 rings (SSSR count). The molecule has 3 heteroatoms. The number of amides is 1. The van der Waals surface area contributed by atoms with Crippen molar-refractivity contribution in [3.63, 3.8) is 0 Å². The topological polar surface area (TPSA) is 41.1 Å². The lowest BCUT2D eigenvalue weighted by Gasteiger charge is -2.03. The van der Waals surface area contributed by atoms with Crippen molar-refractivity contribution in [1.82, 2.24) is 10.6 Å². The highest BCUT2D eigenvalue weighted by molar-refractivity contribution is 5.75. The molecule has 0 atom stereocenters. The van der Waals surface area contributed by atoms with Crippen LogP contribution in [0.1, 0.15) is 19.8 Å². The SMILES string of the molecule is C=CCNCCC(=O)NCCC. The van der Waals surface area contributed by atoms with E-state index in [-0.39, 0.29) is 5.91 Å². The van der Waals surface area contributed by atoms with Crippen molar-refractivity contribution in [3.8, 4) is 0 Å². The van der Waals surface area contributed by atoms with Crippen molar-refractivity contribution in [3.05, 3.63) is 12.7 Å². The second-order valence-corrected chi connectivity index (χ2v) is 2.59. The van der Waals surface area contributed by atoms with Crippen molar-refractivity contribution in [1.29, 1.82) is 0 Å². The number of carbonyl (C=O) groups excluding carboxylic acids is 1. The zero-order valence-corrected chi connectivity index (χ0v) is 7.73. The van der Waals surface area contributed by atoms with E-state index < -0.39 is 0 Å². The summed E-state index contributed by atoms with van der Waals surface area (Å²) in [6, 6.07) is 0. The van der Waals surface area contributed by atoms with E-state index in [9.17, 15) is 4.79 Å². The standard InChI is InChI=1S/C9H18N2O/c1-3-6-10-8-5-9(12)11-7-4-2/h3,10H,1,4-8H2,2H3,(H,11,12). The molecule has 0 aromatic heterocycles. The summed E-state index contributed by atoms with van der Waals surface area (Å²) < 4.78 is 0. The summed E-state index contributed by atoms with van der Waals surface area (Å²) in [4.78, 5) is 11.0. The Hall–Kier alpha value is -0.830. The minimum atomic E-state index is 0.119. The summed E-state index contributed by atoms with van der Waals surface area (Å²) in [5.41, 5.74) is 0. The van der Waals surface area contributed by atoms with Gasteiger partial charge in [-0.2, -0.15) is 0 Å². The molecule has 0 aromatic rings. The van der Waals surface area contributed by atoms with Crippen LogP contribution in [-0.4, -0.2) is 25.5 Å². The zero-order valence-electron chi connectivity index (χ0n) is 7.73. The minimum absolute atomic E-state index is 0.119. The van der Waals surface area contributed by atoms with Gasteiger partial charge in [0.15, 0.2) is 0 Å². The molecule has 0 bridgehead atoms. The summed E-state index contributed by atoms with van der Waals surface area (Å²) in [7, 11) is 0. The van der Waals surface area contributed by atoms with Gasteiger partial charge in [-0.05, 0) is 6.42 Å². The smallest absolute Gasteiger partial charge is 0.221 e. The van der Waals surface area contributed by atoms with E-state index in [2.05, 4.69) is 17.2 Å². The Kier molecular flexibility index (Phi) is 7.70. The van der Waals surface area contributed by atoms with Crippen LogP contribution in [0.2, 0.25) is 0 Å². The van der Waals surface area contributed by atoms with E-state index >= 15 is 0 Å². The van der Waals surface area contributed by atoms with Crippen LogP contribution < -0.4 is 10.6 Å². The van der Waals surface area contributed by atoms with E-state index in [1.165, 1.54) is 0 Å². The number of hydrogen-bond donors (Lipinski definition) is 2. The van der Waals surface area contributed by atoms with Crippen LogP contribution in [-0.2, 0) is 4.79 Å². The van der Waals surface area contributed by atoms with Crippen LogP contribution >= 0.6 is 0 Å². The molecular weight excluding hydrogens is 152 g/mol. The molecule has 0 saturated carbocycles. The highest BCUT2D eigenvalue weighted by Gasteiger charge is 1.97. The summed E-state index contributed by atoms with van der Waals surface area (Å²) in [6.07, 6.45) is 3.32. The first-order valence-electron chi connectivity index (χ1n) is 4.39. The van der Waals surface area contributed by atoms with Gasteiger partial charge in [0.25, 0.3) is 0 Å². The summed E-state index contributed by atoms with van der Waals surface area (Å²) in [5.74, 6) is 0.119. The molecule has 0 fully saturated rings. The molecule has 2 N–H and O–H groups in total. The Morgan fingerprint density at radius 2 is 2.25 bits per heavy atom. The predicted molar refractivity (Wildman–Crippen MR) is 51.0 cm³/mol. The van der Waals surface area contributed by atoms with Crippen LogP contribution in [0.4, 0.5) is 0 Å². The van der Waals surface area contributed by atoms with Crippen LogP contribution in [0.5, 0.6) is 0 Å². The van der Waals surface area contributed by atoms with E-state index in [0.29, 0.717) is 6.42 Å². The zero-order chi connectivity index (χ0) is 9.23. The molecular formula is C9H18N2O. The van der Waals surface area contributed by atoms with Crippen molar-refractivity contribution < 1.29 is 4.79 Å². The molecule has 0 saturated heterocycles. The molecule has 3 nitrogen and oxygen atoms in total. The Bertz CT molecular complexity index is 134. The third kappa shape index (κ3) is 7.28. The van der Waals surface area contributed by atoms with Gasteiger partial charge in [-0.15, -0.1) is 6.58 Å². The molecule has 70 valence electrons. The fourth-order valence-corrected chi connectivity index (χ4v) is 0.759. The average molecular weight is 170 g/mol. The van der Waals surface area contributed by atoms with Gasteiger partial charge in [0, 0.05) is 26.1 Å². The van der Waals surface area contributed by atoms with Gasteiger partial charge < -0.3 is 10.6 Å². The van der Waals surface area contributed by atoms with Gasteiger partial charge in [-0.3, -0.25) is 4.79 Å². The summed E-state index contributed by atoms with van der Waals surface area (Å²) in [5, 5.41) is 5.87. The largest absolute Gasteiger partial charge is 0.356 e. The number of carbonyl (C=O) groups is 1. The maximum absolute atomic E-state index is 11.0. The van der Waals surface area contributed by atoms with Crippen molar-refractivity contribution in [2.45, 2.75) is 19.8 Å². The predicted octanol–water partition coefficient (Wildman–Crippen LogP) is 0.678. The highest BCUT2D eigenvalue weighted by atomic mass is 16.1. The minimum Gasteiger partial charge on any atom is -0.356 e. The van der Waals surface area contributed by atoms with Gasteiger partial charge in [0.1, 0.15) is 0 Å². The molecule has 0 aliphatic carbocycles. The molecule has 0 heterocycles. The fraction of sp³-hybridized carbons (Fsp3) is 0.667. The normalized spacial score (nSPS) is 9.42. The van der Waals surface area contributed by atoms with E-state index in [0.717, 1.165) is 26.1 Å². The average Bonchev–Trinajstić information content (AvgIpc) is 2.09. The van der Waals surface area contributed by atoms with Gasteiger partial charge in [0.05, 0.1) is 0 Å².